The van der Waals surface area contributed by atoms with Gasteiger partial charge in [-0.2, -0.15) is 0 Å². The van der Waals surface area contributed by atoms with Crippen molar-refractivity contribution in [3.05, 3.63) is 34.3 Å². The molecule has 19 heavy (non-hydrogen) atoms. The number of halogens is 1. The molecule has 0 fully saturated rings. The second kappa shape index (κ2) is 7.03. The zero-order valence-electron chi connectivity index (χ0n) is 11.2. The predicted octanol–water partition coefficient (Wildman–Crippen LogP) is 1.49. The number of aliphatic hydroxyl groups is 2. The third-order valence-electron chi connectivity index (χ3n) is 3.03. The van der Waals surface area contributed by atoms with Gasteiger partial charge in [-0.1, -0.05) is 35.0 Å². The molecular weight excluding hydrogens is 310 g/mol. The maximum atomic E-state index is 12.0. The molecule has 1 rings (SSSR count). The second-order valence-corrected chi connectivity index (χ2v) is 6.01. The van der Waals surface area contributed by atoms with Gasteiger partial charge in [0.15, 0.2) is 0 Å². The van der Waals surface area contributed by atoms with Gasteiger partial charge in [0.25, 0.3) is 0 Å². The Labute approximate surface area is 122 Å². The van der Waals surface area contributed by atoms with E-state index in [0.717, 1.165) is 10.0 Å². The number of carbonyl (C=O) groups is 1. The van der Waals surface area contributed by atoms with Crippen LogP contribution in [0.25, 0.3) is 0 Å². The number of nitrogens with one attached hydrogen (secondary N) is 1. The summed E-state index contributed by atoms with van der Waals surface area (Å²) in [5.41, 5.74) is 0.103. The average Bonchev–Trinajstić information content (AvgIpc) is 2.41. The van der Waals surface area contributed by atoms with Crippen LogP contribution in [-0.2, 0) is 11.2 Å². The van der Waals surface area contributed by atoms with Gasteiger partial charge in [0.2, 0.25) is 5.91 Å². The van der Waals surface area contributed by atoms with Crippen LogP contribution < -0.4 is 5.32 Å². The Morgan fingerprint density at radius 2 is 1.84 bits per heavy atom. The summed E-state index contributed by atoms with van der Waals surface area (Å²) >= 11 is 3.36. The molecule has 0 aliphatic carbocycles. The zero-order chi connectivity index (χ0) is 14.5. The molecule has 1 unspecified atom stereocenters. The Morgan fingerprint density at radius 3 is 2.32 bits per heavy atom. The summed E-state index contributed by atoms with van der Waals surface area (Å²) in [5, 5.41) is 21.0. The van der Waals surface area contributed by atoms with Gasteiger partial charge in [0.1, 0.15) is 0 Å². The van der Waals surface area contributed by atoms with Crippen molar-refractivity contribution in [3.63, 3.8) is 0 Å². The van der Waals surface area contributed by atoms with E-state index in [-0.39, 0.29) is 25.0 Å². The summed E-state index contributed by atoms with van der Waals surface area (Å²) in [4.78, 5) is 12.0. The minimum Gasteiger partial charge on any atom is -0.394 e. The predicted molar refractivity (Wildman–Crippen MR) is 77.7 cm³/mol. The molecular formula is C14H20BrNO3. The van der Waals surface area contributed by atoms with Gasteiger partial charge >= 0.3 is 0 Å². The monoisotopic (exact) mass is 329 g/mol. The minimum atomic E-state index is -0.967. The fourth-order valence-corrected chi connectivity index (χ4v) is 1.88. The van der Waals surface area contributed by atoms with Crippen molar-refractivity contribution in [3.8, 4) is 0 Å². The molecule has 5 heteroatoms. The first kappa shape index (κ1) is 16.1. The Bertz CT molecular complexity index is 415. The van der Waals surface area contributed by atoms with Gasteiger partial charge in [-0.25, -0.2) is 0 Å². The first-order valence-corrected chi connectivity index (χ1v) is 6.97. The highest BCUT2D eigenvalue weighted by Gasteiger charge is 2.26. The SMILES string of the molecule is CC(Cc1ccc(Br)cc1)C(=O)NC(C)(CO)CO. The average molecular weight is 330 g/mol. The van der Waals surface area contributed by atoms with E-state index in [0.29, 0.717) is 6.42 Å². The van der Waals surface area contributed by atoms with E-state index >= 15 is 0 Å². The largest absolute Gasteiger partial charge is 0.394 e. The summed E-state index contributed by atoms with van der Waals surface area (Å²) in [6.07, 6.45) is 0.617. The number of hydrogen-bond donors (Lipinski definition) is 3. The lowest BCUT2D eigenvalue weighted by molar-refractivity contribution is -0.127. The topological polar surface area (TPSA) is 69.6 Å². The summed E-state index contributed by atoms with van der Waals surface area (Å²) in [6, 6.07) is 7.80. The minimum absolute atomic E-state index is 0.173. The molecule has 0 aliphatic rings. The van der Waals surface area contributed by atoms with Crippen molar-refractivity contribution in [1.82, 2.24) is 5.32 Å². The van der Waals surface area contributed by atoms with E-state index < -0.39 is 5.54 Å². The number of benzene rings is 1. The van der Waals surface area contributed by atoms with Crippen LogP contribution in [0, 0.1) is 5.92 Å². The van der Waals surface area contributed by atoms with E-state index in [2.05, 4.69) is 21.2 Å². The van der Waals surface area contributed by atoms with Crippen LogP contribution in [0.5, 0.6) is 0 Å². The van der Waals surface area contributed by atoms with Crippen LogP contribution in [0.1, 0.15) is 19.4 Å². The number of rotatable bonds is 6. The van der Waals surface area contributed by atoms with Crippen LogP contribution in [0.3, 0.4) is 0 Å². The smallest absolute Gasteiger partial charge is 0.223 e. The van der Waals surface area contributed by atoms with Crippen molar-refractivity contribution in [2.45, 2.75) is 25.8 Å². The van der Waals surface area contributed by atoms with Gasteiger partial charge in [0, 0.05) is 10.4 Å². The van der Waals surface area contributed by atoms with Gasteiger partial charge in [-0.05, 0) is 31.0 Å². The maximum absolute atomic E-state index is 12.0. The van der Waals surface area contributed by atoms with Crippen LogP contribution in [0.2, 0.25) is 0 Å². The van der Waals surface area contributed by atoms with Crippen molar-refractivity contribution < 1.29 is 15.0 Å². The molecule has 0 heterocycles. The molecule has 0 saturated heterocycles. The van der Waals surface area contributed by atoms with Crippen molar-refractivity contribution >= 4 is 21.8 Å². The molecule has 1 aromatic carbocycles. The molecule has 1 amide bonds. The summed E-state index contributed by atoms with van der Waals surface area (Å²) in [7, 11) is 0. The number of amides is 1. The van der Waals surface area contributed by atoms with Gasteiger partial charge in [0.05, 0.1) is 18.8 Å². The van der Waals surface area contributed by atoms with Crippen LogP contribution >= 0.6 is 15.9 Å². The Kier molecular flexibility index (Phi) is 5.97. The quantitative estimate of drug-likeness (QED) is 0.740. The lowest BCUT2D eigenvalue weighted by Crippen LogP contribution is -2.53. The lowest BCUT2D eigenvalue weighted by Gasteiger charge is -2.27. The maximum Gasteiger partial charge on any atom is 0.223 e. The molecule has 3 N–H and O–H groups in total. The molecule has 106 valence electrons. The Balaban J connectivity index is 2.60. The fourth-order valence-electron chi connectivity index (χ4n) is 1.62. The zero-order valence-corrected chi connectivity index (χ0v) is 12.8. The van der Waals surface area contributed by atoms with Gasteiger partial charge in [-0.15, -0.1) is 0 Å². The van der Waals surface area contributed by atoms with E-state index in [1.54, 1.807) is 6.92 Å². The molecule has 0 radical (unpaired) electrons. The van der Waals surface area contributed by atoms with Crippen molar-refractivity contribution in [1.29, 1.82) is 0 Å². The molecule has 1 aromatic rings. The highest BCUT2D eigenvalue weighted by Crippen LogP contribution is 2.14. The Morgan fingerprint density at radius 1 is 1.32 bits per heavy atom. The first-order chi connectivity index (χ1) is 8.90. The molecule has 1 atom stereocenters. The van der Waals surface area contributed by atoms with Crippen LogP contribution in [-0.4, -0.2) is 34.9 Å². The van der Waals surface area contributed by atoms with Crippen LogP contribution in [0.4, 0.5) is 0 Å². The summed E-state index contributed by atoms with van der Waals surface area (Å²) in [6.45, 7) is 2.85. The lowest BCUT2D eigenvalue weighted by atomic mass is 9.98. The van der Waals surface area contributed by atoms with Crippen molar-refractivity contribution in [2.75, 3.05) is 13.2 Å². The molecule has 0 spiro atoms. The highest BCUT2D eigenvalue weighted by molar-refractivity contribution is 9.10. The fraction of sp³-hybridized carbons (Fsp3) is 0.500. The normalized spacial score (nSPS) is 13.1. The molecule has 0 bridgehead atoms. The number of aliphatic hydroxyl groups excluding tert-OH is 2. The van der Waals surface area contributed by atoms with E-state index in [9.17, 15) is 4.79 Å². The second-order valence-electron chi connectivity index (χ2n) is 5.10. The first-order valence-electron chi connectivity index (χ1n) is 6.18. The van der Waals surface area contributed by atoms with E-state index in [1.807, 2.05) is 31.2 Å². The number of hydrogen-bond acceptors (Lipinski definition) is 3. The number of carbonyl (C=O) groups excluding carboxylic acids is 1. The summed E-state index contributed by atoms with van der Waals surface area (Å²) < 4.78 is 1.00. The highest BCUT2D eigenvalue weighted by atomic mass is 79.9. The third kappa shape index (κ3) is 4.93. The summed E-state index contributed by atoms with van der Waals surface area (Å²) in [5.74, 6) is -0.396. The van der Waals surface area contributed by atoms with Crippen molar-refractivity contribution in [2.24, 2.45) is 5.92 Å². The van der Waals surface area contributed by atoms with Gasteiger partial charge in [-0.3, -0.25) is 4.79 Å². The van der Waals surface area contributed by atoms with E-state index in [1.165, 1.54) is 0 Å². The molecule has 4 nitrogen and oxygen atoms in total. The molecule has 0 saturated carbocycles. The molecule has 0 aliphatic heterocycles. The van der Waals surface area contributed by atoms with Gasteiger partial charge < -0.3 is 15.5 Å². The third-order valence-corrected chi connectivity index (χ3v) is 3.55. The molecule has 0 aromatic heterocycles. The van der Waals surface area contributed by atoms with Crippen LogP contribution in [0.15, 0.2) is 28.7 Å². The van der Waals surface area contributed by atoms with E-state index in [4.69, 9.17) is 10.2 Å². The Hall–Kier alpha value is -0.910. The standard InChI is InChI=1S/C14H20BrNO3/c1-10(7-11-3-5-12(15)6-4-11)13(19)16-14(2,8-17)9-18/h3-6,10,17-18H,7-9H2,1-2H3,(H,16,19).